The predicted molar refractivity (Wildman–Crippen MR) is 77.2 cm³/mol. The van der Waals surface area contributed by atoms with E-state index < -0.39 is 0 Å². The topological polar surface area (TPSA) is 59.1 Å². The van der Waals surface area contributed by atoms with Crippen molar-refractivity contribution >= 4 is 17.5 Å². The lowest BCUT2D eigenvalue weighted by molar-refractivity contribution is 0.342. The summed E-state index contributed by atoms with van der Waals surface area (Å²) in [7, 11) is 1.79. The molecule has 0 spiro atoms. The normalized spacial score (nSPS) is 10.1. The Morgan fingerprint density at radius 3 is 2.79 bits per heavy atom. The Labute approximate surface area is 113 Å². The van der Waals surface area contributed by atoms with Gasteiger partial charge in [0.25, 0.3) is 0 Å². The second-order valence-electron chi connectivity index (χ2n) is 4.03. The zero-order chi connectivity index (χ0) is 13.7. The fraction of sp³-hybridized carbons (Fsp3) is 0.286. The van der Waals surface area contributed by atoms with Crippen LogP contribution in [0.4, 0.5) is 17.5 Å². The maximum absolute atomic E-state index is 5.58. The molecule has 5 heteroatoms. The van der Waals surface area contributed by atoms with E-state index in [1.54, 1.807) is 13.2 Å². The van der Waals surface area contributed by atoms with Gasteiger partial charge in [0, 0.05) is 18.8 Å². The molecule has 19 heavy (non-hydrogen) atoms. The van der Waals surface area contributed by atoms with Crippen molar-refractivity contribution < 1.29 is 4.74 Å². The number of nitrogens with zero attached hydrogens (tertiary/aromatic N) is 2. The Morgan fingerprint density at radius 2 is 2.05 bits per heavy atom. The maximum atomic E-state index is 5.58. The lowest BCUT2D eigenvalue weighted by Crippen LogP contribution is -2.04. The van der Waals surface area contributed by atoms with E-state index in [1.807, 2.05) is 38.1 Å². The first kappa shape index (κ1) is 13.1. The number of hydrogen-bond acceptors (Lipinski definition) is 5. The third kappa shape index (κ3) is 3.13. The van der Waals surface area contributed by atoms with Gasteiger partial charge in [-0.05, 0) is 26.0 Å². The van der Waals surface area contributed by atoms with Crippen molar-refractivity contribution in [3.63, 3.8) is 0 Å². The van der Waals surface area contributed by atoms with Crippen LogP contribution in [0.15, 0.2) is 30.5 Å². The van der Waals surface area contributed by atoms with Crippen LogP contribution in [0.3, 0.4) is 0 Å². The molecular weight excluding hydrogens is 240 g/mol. The van der Waals surface area contributed by atoms with Crippen molar-refractivity contribution in [1.82, 2.24) is 9.97 Å². The summed E-state index contributed by atoms with van der Waals surface area (Å²) in [6, 6.07) is 7.80. The minimum atomic E-state index is 0.585. The van der Waals surface area contributed by atoms with Crippen molar-refractivity contribution in [3.05, 3.63) is 36.0 Å². The summed E-state index contributed by atoms with van der Waals surface area (Å²) in [5.41, 5.74) is 1.87. The van der Waals surface area contributed by atoms with E-state index in [2.05, 4.69) is 20.6 Å². The second kappa shape index (κ2) is 6.04. The van der Waals surface area contributed by atoms with E-state index in [-0.39, 0.29) is 0 Å². The van der Waals surface area contributed by atoms with Crippen LogP contribution in [0.5, 0.6) is 5.75 Å². The van der Waals surface area contributed by atoms with Crippen molar-refractivity contribution in [3.8, 4) is 5.75 Å². The fourth-order valence-electron chi connectivity index (χ4n) is 1.67. The number of para-hydroxylation sites is 2. The molecule has 0 bridgehead atoms. The average molecular weight is 258 g/mol. The molecule has 0 atom stereocenters. The van der Waals surface area contributed by atoms with Crippen molar-refractivity contribution in [2.45, 2.75) is 13.8 Å². The number of aryl methyl sites for hydroxylation is 1. The molecule has 0 aliphatic heterocycles. The molecule has 0 unspecified atom stereocenters. The number of nitrogens with one attached hydrogen (secondary N) is 2. The minimum absolute atomic E-state index is 0.585. The van der Waals surface area contributed by atoms with Crippen LogP contribution >= 0.6 is 0 Å². The Hall–Kier alpha value is -2.30. The second-order valence-corrected chi connectivity index (χ2v) is 4.03. The summed E-state index contributed by atoms with van der Waals surface area (Å²) in [6.07, 6.45) is 1.78. The van der Waals surface area contributed by atoms with Gasteiger partial charge in [0.2, 0.25) is 5.95 Å². The van der Waals surface area contributed by atoms with Gasteiger partial charge in [-0.15, -0.1) is 0 Å². The molecule has 1 aromatic heterocycles. The van der Waals surface area contributed by atoms with E-state index in [1.165, 1.54) is 0 Å². The Kier molecular flexibility index (Phi) is 4.18. The predicted octanol–water partition coefficient (Wildman–Crippen LogP) is 2.97. The third-order valence-corrected chi connectivity index (χ3v) is 2.64. The highest BCUT2D eigenvalue weighted by molar-refractivity contribution is 5.66. The highest BCUT2D eigenvalue weighted by atomic mass is 16.5. The van der Waals surface area contributed by atoms with Gasteiger partial charge in [-0.3, -0.25) is 0 Å². The quantitative estimate of drug-likeness (QED) is 0.863. The zero-order valence-corrected chi connectivity index (χ0v) is 11.4. The monoisotopic (exact) mass is 258 g/mol. The molecule has 0 saturated heterocycles. The summed E-state index contributed by atoms with van der Waals surface area (Å²) < 4.78 is 5.58. The molecule has 2 aromatic rings. The van der Waals surface area contributed by atoms with Crippen LogP contribution in [-0.4, -0.2) is 23.6 Å². The van der Waals surface area contributed by atoms with Gasteiger partial charge in [-0.2, -0.15) is 4.98 Å². The summed E-state index contributed by atoms with van der Waals surface area (Å²) in [5, 5.41) is 6.21. The first-order chi connectivity index (χ1) is 9.24. The van der Waals surface area contributed by atoms with Crippen LogP contribution in [0, 0.1) is 6.92 Å². The van der Waals surface area contributed by atoms with Gasteiger partial charge < -0.3 is 15.4 Å². The number of hydrogen-bond donors (Lipinski definition) is 2. The lowest BCUT2D eigenvalue weighted by Gasteiger charge is -2.13. The average Bonchev–Trinajstić information content (AvgIpc) is 2.43. The van der Waals surface area contributed by atoms with Gasteiger partial charge in [-0.25, -0.2) is 4.98 Å². The molecule has 0 amide bonds. The summed E-state index contributed by atoms with van der Waals surface area (Å²) in [6.45, 7) is 4.56. The Morgan fingerprint density at radius 1 is 1.26 bits per heavy atom. The first-order valence-electron chi connectivity index (χ1n) is 6.24. The highest BCUT2D eigenvalue weighted by Gasteiger charge is 2.07. The molecule has 0 aliphatic carbocycles. The van der Waals surface area contributed by atoms with Crippen LogP contribution in [0.1, 0.15) is 12.5 Å². The molecule has 1 heterocycles. The van der Waals surface area contributed by atoms with Crippen LogP contribution in [-0.2, 0) is 0 Å². The largest absolute Gasteiger partial charge is 0.492 e. The zero-order valence-electron chi connectivity index (χ0n) is 11.4. The standard InChI is InChI=1S/C14H18N4O/c1-4-19-12-8-6-5-7-11(12)17-13-10(2)9-16-14(15-3)18-13/h5-9H,4H2,1-3H3,(H2,15,16,17,18). The molecule has 0 radical (unpaired) electrons. The maximum Gasteiger partial charge on any atom is 0.224 e. The van der Waals surface area contributed by atoms with Gasteiger partial charge in [0.15, 0.2) is 0 Å². The molecule has 0 fully saturated rings. The molecule has 2 rings (SSSR count). The van der Waals surface area contributed by atoms with E-state index >= 15 is 0 Å². The van der Waals surface area contributed by atoms with Gasteiger partial charge in [-0.1, -0.05) is 12.1 Å². The van der Waals surface area contributed by atoms with Crippen molar-refractivity contribution in [1.29, 1.82) is 0 Å². The molecule has 5 nitrogen and oxygen atoms in total. The van der Waals surface area contributed by atoms with E-state index in [0.29, 0.717) is 12.6 Å². The smallest absolute Gasteiger partial charge is 0.224 e. The number of ether oxygens (including phenoxy) is 1. The van der Waals surface area contributed by atoms with E-state index in [0.717, 1.165) is 22.8 Å². The van der Waals surface area contributed by atoms with Gasteiger partial charge in [0.1, 0.15) is 11.6 Å². The molecule has 2 N–H and O–H groups in total. The molecule has 0 saturated carbocycles. The fourth-order valence-corrected chi connectivity index (χ4v) is 1.67. The molecule has 0 aliphatic rings. The number of aromatic nitrogens is 2. The summed E-state index contributed by atoms with van der Waals surface area (Å²) >= 11 is 0. The van der Waals surface area contributed by atoms with Crippen LogP contribution in [0.25, 0.3) is 0 Å². The first-order valence-corrected chi connectivity index (χ1v) is 6.24. The molecule has 1 aromatic carbocycles. The third-order valence-electron chi connectivity index (χ3n) is 2.64. The van der Waals surface area contributed by atoms with Crippen LogP contribution < -0.4 is 15.4 Å². The van der Waals surface area contributed by atoms with Gasteiger partial charge in [0.05, 0.1) is 12.3 Å². The minimum Gasteiger partial charge on any atom is -0.492 e. The summed E-state index contributed by atoms with van der Waals surface area (Å²) in [4.78, 5) is 8.56. The van der Waals surface area contributed by atoms with Crippen molar-refractivity contribution in [2.75, 3.05) is 24.3 Å². The lowest BCUT2D eigenvalue weighted by atomic mass is 10.2. The van der Waals surface area contributed by atoms with Crippen LogP contribution in [0.2, 0.25) is 0 Å². The van der Waals surface area contributed by atoms with E-state index in [4.69, 9.17) is 4.74 Å². The molecular formula is C14H18N4O. The Balaban J connectivity index is 2.30. The van der Waals surface area contributed by atoms with Gasteiger partial charge >= 0.3 is 0 Å². The van der Waals surface area contributed by atoms with Crippen molar-refractivity contribution in [2.24, 2.45) is 0 Å². The number of benzene rings is 1. The highest BCUT2D eigenvalue weighted by Crippen LogP contribution is 2.28. The molecule has 100 valence electrons. The number of anilines is 3. The summed E-state index contributed by atoms with van der Waals surface area (Å²) in [5.74, 6) is 2.17. The van der Waals surface area contributed by atoms with E-state index in [9.17, 15) is 0 Å². The number of rotatable bonds is 5. The SMILES string of the molecule is CCOc1ccccc1Nc1nc(NC)ncc1C. The Bertz CT molecular complexity index is 557.